The molecule has 0 aliphatic heterocycles. The first kappa shape index (κ1) is 12.2. The monoisotopic (exact) mass is 306 g/mol. The number of nitrogens with zero attached hydrogens (tertiary/aromatic N) is 1. The molecule has 1 heterocycles. The number of hydrogen-bond acceptors (Lipinski definition) is 1. The Labute approximate surface area is 116 Å². The van der Waals surface area contributed by atoms with Crippen LogP contribution in [0.1, 0.15) is 17.7 Å². The zero-order valence-electron chi connectivity index (χ0n) is 11.0. The third-order valence-corrected chi connectivity index (χ3v) is 4.67. The Morgan fingerprint density at radius 1 is 1.44 bits per heavy atom. The first-order chi connectivity index (χ1) is 8.70. The van der Waals surface area contributed by atoms with Gasteiger partial charge in [0.15, 0.2) is 0 Å². The molecule has 3 heteroatoms. The molecule has 1 aromatic carbocycles. The Balaban J connectivity index is 2.12. The average molecular weight is 307 g/mol. The van der Waals surface area contributed by atoms with Crippen LogP contribution in [0.2, 0.25) is 0 Å². The van der Waals surface area contributed by atoms with E-state index < -0.39 is 0 Å². The molecule has 2 nitrogen and oxygen atoms in total. The molecule has 0 amide bonds. The van der Waals surface area contributed by atoms with Crippen LogP contribution >= 0.6 is 15.9 Å². The number of halogens is 1. The fraction of sp³-hybridized carbons (Fsp3) is 0.467. The summed E-state index contributed by atoms with van der Waals surface area (Å²) in [6.45, 7) is 1.13. The number of aryl methyl sites for hydroxylation is 1. The van der Waals surface area contributed by atoms with Crippen LogP contribution in [0.3, 0.4) is 0 Å². The summed E-state index contributed by atoms with van der Waals surface area (Å²) >= 11 is 3.59. The van der Waals surface area contributed by atoms with Crippen molar-refractivity contribution in [1.82, 2.24) is 9.88 Å². The van der Waals surface area contributed by atoms with Crippen molar-refractivity contribution in [2.24, 2.45) is 13.0 Å². The van der Waals surface area contributed by atoms with Crippen LogP contribution in [0.4, 0.5) is 0 Å². The van der Waals surface area contributed by atoms with Gasteiger partial charge in [-0.25, -0.2) is 0 Å². The molecule has 1 atom stereocenters. The molecule has 0 fully saturated rings. The van der Waals surface area contributed by atoms with Crippen molar-refractivity contribution in [3.05, 3.63) is 33.9 Å². The van der Waals surface area contributed by atoms with Gasteiger partial charge in [0.2, 0.25) is 0 Å². The lowest BCUT2D eigenvalue weighted by molar-refractivity contribution is 0.434. The molecule has 18 heavy (non-hydrogen) atoms. The lowest BCUT2D eigenvalue weighted by Gasteiger charge is -2.23. The standard InChI is InChI=1S/C15H19BrN2/c1-17-9-10-3-5-14-12(7-10)13-8-11(16)4-6-15(13)18(14)2/h4,6,8,10,17H,3,5,7,9H2,1-2H3. The number of rotatable bonds is 2. The van der Waals surface area contributed by atoms with Crippen LogP contribution in [0.5, 0.6) is 0 Å². The molecule has 1 unspecified atom stereocenters. The van der Waals surface area contributed by atoms with Gasteiger partial charge in [0.05, 0.1) is 0 Å². The van der Waals surface area contributed by atoms with Crippen molar-refractivity contribution in [2.75, 3.05) is 13.6 Å². The molecule has 1 aromatic heterocycles. The summed E-state index contributed by atoms with van der Waals surface area (Å²) in [7, 11) is 4.25. The summed E-state index contributed by atoms with van der Waals surface area (Å²) in [6.07, 6.45) is 3.73. The Kier molecular flexibility index (Phi) is 3.20. The van der Waals surface area contributed by atoms with Gasteiger partial charge in [0, 0.05) is 28.1 Å². The van der Waals surface area contributed by atoms with Gasteiger partial charge in [-0.2, -0.15) is 0 Å². The SMILES string of the molecule is CNCC1CCc2c(c3cc(Br)ccc3n2C)C1. The second-order valence-corrected chi connectivity index (χ2v) is 6.23. The number of fused-ring (bicyclic) bond motifs is 3. The van der Waals surface area contributed by atoms with Crippen LogP contribution in [0, 0.1) is 5.92 Å². The molecule has 2 aromatic rings. The largest absolute Gasteiger partial charge is 0.347 e. The second kappa shape index (κ2) is 4.71. The van der Waals surface area contributed by atoms with Gasteiger partial charge in [0.1, 0.15) is 0 Å². The minimum atomic E-state index is 0.784. The fourth-order valence-electron chi connectivity index (χ4n) is 3.29. The van der Waals surface area contributed by atoms with Crippen molar-refractivity contribution in [2.45, 2.75) is 19.3 Å². The molecule has 0 bridgehead atoms. The Bertz CT molecular complexity index is 586. The lowest BCUT2D eigenvalue weighted by Crippen LogP contribution is -2.25. The quantitative estimate of drug-likeness (QED) is 0.901. The normalized spacial score (nSPS) is 19.2. The fourth-order valence-corrected chi connectivity index (χ4v) is 3.65. The summed E-state index contributed by atoms with van der Waals surface area (Å²) in [5.74, 6) is 0.784. The van der Waals surface area contributed by atoms with E-state index in [1.807, 2.05) is 0 Å². The summed E-state index contributed by atoms with van der Waals surface area (Å²) in [6, 6.07) is 6.64. The predicted molar refractivity (Wildman–Crippen MR) is 80.1 cm³/mol. The van der Waals surface area contributed by atoms with Gasteiger partial charge in [0.25, 0.3) is 0 Å². The van der Waals surface area contributed by atoms with Crippen LogP contribution < -0.4 is 5.32 Å². The van der Waals surface area contributed by atoms with Gasteiger partial charge < -0.3 is 9.88 Å². The van der Waals surface area contributed by atoms with E-state index in [4.69, 9.17) is 0 Å². The smallest absolute Gasteiger partial charge is 0.0483 e. The maximum atomic E-state index is 3.59. The molecule has 1 aliphatic rings. The highest BCUT2D eigenvalue weighted by Gasteiger charge is 2.23. The van der Waals surface area contributed by atoms with Gasteiger partial charge in [-0.05, 0) is 62.5 Å². The number of hydrogen-bond donors (Lipinski definition) is 1. The van der Waals surface area contributed by atoms with E-state index in [2.05, 4.69) is 58.1 Å². The maximum Gasteiger partial charge on any atom is 0.0483 e. The predicted octanol–water partition coefficient (Wildman–Crippen LogP) is 3.27. The molecule has 0 saturated carbocycles. The molecule has 1 N–H and O–H groups in total. The minimum Gasteiger partial charge on any atom is -0.347 e. The van der Waals surface area contributed by atoms with Gasteiger partial charge >= 0.3 is 0 Å². The molecule has 0 saturated heterocycles. The van der Waals surface area contributed by atoms with Crippen LogP contribution in [-0.2, 0) is 19.9 Å². The van der Waals surface area contributed by atoms with Gasteiger partial charge in [-0.1, -0.05) is 15.9 Å². The van der Waals surface area contributed by atoms with Gasteiger partial charge in [-0.15, -0.1) is 0 Å². The molecular weight excluding hydrogens is 288 g/mol. The van der Waals surface area contributed by atoms with Crippen molar-refractivity contribution < 1.29 is 0 Å². The molecule has 3 rings (SSSR count). The first-order valence-corrected chi connectivity index (χ1v) is 7.40. The molecule has 96 valence electrons. The number of nitrogens with one attached hydrogen (secondary N) is 1. The molecule has 0 radical (unpaired) electrons. The highest BCUT2D eigenvalue weighted by molar-refractivity contribution is 9.10. The third-order valence-electron chi connectivity index (χ3n) is 4.17. The summed E-state index contributed by atoms with van der Waals surface area (Å²) in [4.78, 5) is 0. The van der Waals surface area contributed by atoms with Crippen LogP contribution in [-0.4, -0.2) is 18.2 Å². The van der Waals surface area contributed by atoms with E-state index in [1.54, 1.807) is 5.56 Å². The topological polar surface area (TPSA) is 17.0 Å². The summed E-state index contributed by atoms with van der Waals surface area (Å²) in [5, 5.41) is 4.75. The van der Waals surface area contributed by atoms with E-state index in [0.29, 0.717) is 0 Å². The molecular formula is C15H19BrN2. The van der Waals surface area contributed by atoms with Gasteiger partial charge in [-0.3, -0.25) is 0 Å². The average Bonchev–Trinajstić information content (AvgIpc) is 2.63. The van der Waals surface area contributed by atoms with E-state index in [9.17, 15) is 0 Å². The zero-order valence-corrected chi connectivity index (χ0v) is 12.5. The summed E-state index contributed by atoms with van der Waals surface area (Å²) in [5.41, 5.74) is 4.48. The van der Waals surface area contributed by atoms with E-state index in [0.717, 1.165) is 12.5 Å². The van der Waals surface area contributed by atoms with E-state index >= 15 is 0 Å². The van der Waals surface area contributed by atoms with Crippen LogP contribution in [0.15, 0.2) is 22.7 Å². The van der Waals surface area contributed by atoms with Crippen molar-refractivity contribution in [3.63, 3.8) is 0 Å². The molecule has 0 spiro atoms. The van der Waals surface area contributed by atoms with E-state index in [1.165, 1.54) is 40.3 Å². The number of aromatic nitrogens is 1. The highest BCUT2D eigenvalue weighted by Crippen LogP contribution is 2.34. The molecule has 1 aliphatic carbocycles. The van der Waals surface area contributed by atoms with Crippen molar-refractivity contribution >= 4 is 26.8 Å². The second-order valence-electron chi connectivity index (χ2n) is 5.31. The zero-order chi connectivity index (χ0) is 12.7. The van der Waals surface area contributed by atoms with Crippen LogP contribution in [0.25, 0.3) is 10.9 Å². The Morgan fingerprint density at radius 2 is 2.28 bits per heavy atom. The van der Waals surface area contributed by atoms with Crippen molar-refractivity contribution in [3.8, 4) is 0 Å². The highest BCUT2D eigenvalue weighted by atomic mass is 79.9. The lowest BCUT2D eigenvalue weighted by atomic mass is 9.86. The van der Waals surface area contributed by atoms with Crippen molar-refractivity contribution in [1.29, 1.82) is 0 Å². The summed E-state index contributed by atoms with van der Waals surface area (Å²) < 4.78 is 3.56. The number of benzene rings is 1. The third kappa shape index (κ3) is 1.90. The maximum absolute atomic E-state index is 3.59. The minimum absolute atomic E-state index is 0.784. The van der Waals surface area contributed by atoms with E-state index in [-0.39, 0.29) is 0 Å². The Hall–Kier alpha value is -0.800. The Morgan fingerprint density at radius 3 is 3.06 bits per heavy atom. The first-order valence-electron chi connectivity index (χ1n) is 6.61.